The second-order valence-corrected chi connectivity index (χ2v) is 6.75. The summed E-state index contributed by atoms with van der Waals surface area (Å²) in [6.45, 7) is 1.67. The molecule has 2 aromatic rings. The fraction of sp³-hybridized carbons (Fsp3) is 0.105. The van der Waals surface area contributed by atoms with Crippen molar-refractivity contribution in [3.63, 3.8) is 0 Å². The van der Waals surface area contributed by atoms with Crippen molar-refractivity contribution >= 4 is 46.2 Å². The van der Waals surface area contributed by atoms with Crippen molar-refractivity contribution in [2.45, 2.75) is 6.92 Å². The highest BCUT2D eigenvalue weighted by molar-refractivity contribution is 14.1. The molecule has 0 atom stereocenters. The summed E-state index contributed by atoms with van der Waals surface area (Å²) in [5.74, 6) is -0.616. The molecule has 0 aromatic heterocycles. The number of ether oxygens (including phenoxy) is 1. The molecule has 0 spiro atoms. The zero-order valence-corrected chi connectivity index (χ0v) is 16.2. The smallest absolute Gasteiger partial charge is 0.283 e. The van der Waals surface area contributed by atoms with E-state index in [-0.39, 0.29) is 5.75 Å². The SMILES string of the molecule is COc1cc(/C=C2/C(=O)N(C(=O)c3ccccc3)N=C2C)cc(I)c1O. The van der Waals surface area contributed by atoms with E-state index in [0.29, 0.717) is 31.7 Å². The van der Waals surface area contributed by atoms with Crippen LogP contribution < -0.4 is 4.74 Å². The molecule has 2 amide bonds. The van der Waals surface area contributed by atoms with Crippen molar-refractivity contribution in [3.8, 4) is 11.5 Å². The van der Waals surface area contributed by atoms with Gasteiger partial charge in [-0.1, -0.05) is 18.2 Å². The molecule has 6 nitrogen and oxygen atoms in total. The fourth-order valence-electron chi connectivity index (χ4n) is 2.52. The molecule has 1 heterocycles. The van der Waals surface area contributed by atoms with Crippen molar-refractivity contribution in [1.29, 1.82) is 0 Å². The van der Waals surface area contributed by atoms with Crippen LogP contribution in [0, 0.1) is 3.57 Å². The number of methoxy groups -OCH3 is 1. The van der Waals surface area contributed by atoms with E-state index >= 15 is 0 Å². The van der Waals surface area contributed by atoms with Gasteiger partial charge in [-0.2, -0.15) is 10.1 Å². The maximum Gasteiger partial charge on any atom is 0.283 e. The zero-order valence-electron chi connectivity index (χ0n) is 14.1. The molecular weight excluding hydrogens is 447 g/mol. The fourth-order valence-corrected chi connectivity index (χ4v) is 3.15. The van der Waals surface area contributed by atoms with E-state index in [9.17, 15) is 14.7 Å². The topological polar surface area (TPSA) is 79.2 Å². The number of halogens is 1. The summed E-state index contributed by atoms with van der Waals surface area (Å²) in [6.07, 6.45) is 1.63. The first-order valence-electron chi connectivity index (χ1n) is 7.70. The number of imide groups is 1. The van der Waals surface area contributed by atoms with E-state index < -0.39 is 11.8 Å². The van der Waals surface area contributed by atoms with Crippen LogP contribution in [0.2, 0.25) is 0 Å². The van der Waals surface area contributed by atoms with Crippen LogP contribution in [0.5, 0.6) is 11.5 Å². The minimum absolute atomic E-state index is 0.0410. The molecule has 1 aliphatic rings. The summed E-state index contributed by atoms with van der Waals surface area (Å²) in [5, 5.41) is 14.9. The average Bonchev–Trinajstić information content (AvgIpc) is 2.92. The van der Waals surface area contributed by atoms with E-state index in [0.717, 1.165) is 5.01 Å². The van der Waals surface area contributed by atoms with Gasteiger partial charge in [-0.05, 0) is 65.4 Å². The largest absolute Gasteiger partial charge is 0.504 e. The zero-order chi connectivity index (χ0) is 18.8. The Morgan fingerprint density at radius 3 is 2.62 bits per heavy atom. The van der Waals surface area contributed by atoms with Crippen LogP contribution in [-0.4, -0.2) is 34.8 Å². The number of hydrogen-bond acceptors (Lipinski definition) is 5. The molecule has 0 fully saturated rings. The molecule has 0 radical (unpaired) electrons. The van der Waals surface area contributed by atoms with Gasteiger partial charge in [0.25, 0.3) is 11.8 Å². The predicted octanol–water partition coefficient (Wildman–Crippen LogP) is 3.45. The monoisotopic (exact) mass is 462 g/mol. The Balaban J connectivity index is 1.95. The maximum absolute atomic E-state index is 12.7. The second kappa shape index (κ2) is 7.28. The lowest BCUT2D eigenvalue weighted by Gasteiger charge is -2.10. The molecule has 0 saturated heterocycles. The van der Waals surface area contributed by atoms with Gasteiger partial charge in [-0.15, -0.1) is 0 Å². The summed E-state index contributed by atoms with van der Waals surface area (Å²) in [4.78, 5) is 25.2. The van der Waals surface area contributed by atoms with Gasteiger partial charge in [0.15, 0.2) is 11.5 Å². The Kier molecular flexibility index (Phi) is 5.08. The van der Waals surface area contributed by atoms with E-state index in [4.69, 9.17) is 4.74 Å². The van der Waals surface area contributed by atoms with Crippen LogP contribution in [0.3, 0.4) is 0 Å². The number of carbonyl (C=O) groups excluding carboxylic acids is 2. The van der Waals surface area contributed by atoms with Crippen LogP contribution in [0.25, 0.3) is 6.08 Å². The second-order valence-electron chi connectivity index (χ2n) is 5.59. The molecule has 132 valence electrons. The minimum Gasteiger partial charge on any atom is -0.504 e. The number of hydrazone groups is 1. The first-order chi connectivity index (χ1) is 12.4. The molecule has 0 saturated carbocycles. The number of aromatic hydroxyl groups is 1. The van der Waals surface area contributed by atoms with Gasteiger partial charge >= 0.3 is 0 Å². The van der Waals surface area contributed by atoms with Crippen LogP contribution in [-0.2, 0) is 4.79 Å². The highest BCUT2D eigenvalue weighted by atomic mass is 127. The van der Waals surface area contributed by atoms with E-state index in [1.165, 1.54) is 7.11 Å². The molecule has 26 heavy (non-hydrogen) atoms. The van der Waals surface area contributed by atoms with Crippen molar-refractivity contribution in [2.24, 2.45) is 5.10 Å². The summed E-state index contributed by atoms with van der Waals surface area (Å²) in [7, 11) is 1.45. The Bertz CT molecular complexity index is 952. The molecule has 0 unspecified atom stereocenters. The van der Waals surface area contributed by atoms with Crippen LogP contribution >= 0.6 is 22.6 Å². The molecule has 7 heteroatoms. The molecule has 2 aromatic carbocycles. The van der Waals surface area contributed by atoms with Crippen LogP contribution in [0.15, 0.2) is 53.1 Å². The van der Waals surface area contributed by atoms with E-state index in [1.807, 2.05) is 22.6 Å². The molecule has 0 bridgehead atoms. The Morgan fingerprint density at radius 1 is 1.27 bits per heavy atom. The van der Waals surface area contributed by atoms with Gasteiger partial charge in [0.2, 0.25) is 0 Å². The lowest BCUT2D eigenvalue weighted by Crippen LogP contribution is -2.29. The standard InChI is InChI=1S/C19H15IN2O4/c1-11-14(8-12-9-15(20)17(23)16(10-12)26-2)19(25)22(21-11)18(24)13-6-4-3-5-7-13/h3-10,23H,1-2H3/b14-8+. The number of rotatable bonds is 3. The van der Waals surface area contributed by atoms with E-state index in [2.05, 4.69) is 5.10 Å². The highest BCUT2D eigenvalue weighted by Gasteiger charge is 2.33. The Morgan fingerprint density at radius 2 is 1.96 bits per heavy atom. The normalized spacial score (nSPS) is 15.3. The number of amides is 2. The lowest BCUT2D eigenvalue weighted by atomic mass is 10.1. The first-order valence-corrected chi connectivity index (χ1v) is 8.78. The molecule has 1 aliphatic heterocycles. The molecular formula is C19H15IN2O4. The van der Waals surface area contributed by atoms with Gasteiger partial charge in [-0.25, -0.2) is 0 Å². The number of nitrogens with zero attached hydrogens (tertiary/aromatic N) is 2. The van der Waals surface area contributed by atoms with Gasteiger partial charge in [0.05, 0.1) is 22.0 Å². The molecule has 3 rings (SSSR count). The van der Waals surface area contributed by atoms with Gasteiger partial charge in [0.1, 0.15) is 0 Å². The summed E-state index contributed by atoms with van der Waals surface area (Å²) in [6, 6.07) is 11.9. The van der Waals surface area contributed by atoms with Crippen molar-refractivity contribution < 1.29 is 19.4 Å². The Hall–Kier alpha value is -2.68. The summed E-state index contributed by atoms with van der Waals surface area (Å²) >= 11 is 1.98. The number of carbonyl (C=O) groups is 2. The van der Waals surface area contributed by atoms with Gasteiger partial charge in [-0.3, -0.25) is 9.59 Å². The molecule has 0 aliphatic carbocycles. The first kappa shape index (κ1) is 18.1. The Labute approximate surface area is 163 Å². The molecule has 1 N–H and O–H groups in total. The number of hydrogen-bond donors (Lipinski definition) is 1. The third kappa shape index (κ3) is 3.34. The number of phenols is 1. The maximum atomic E-state index is 12.7. The number of phenolic OH excluding ortho intramolecular Hbond substituents is 1. The summed E-state index contributed by atoms with van der Waals surface area (Å²) in [5.41, 5.74) is 1.81. The predicted molar refractivity (Wildman–Crippen MR) is 106 cm³/mol. The third-order valence-corrected chi connectivity index (χ3v) is 4.68. The average molecular weight is 462 g/mol. The van der Waals surface area contributed by atoms with Crippen molar-refractivity contribution in [1.82, 2.24) is 5.01 Å². The quantitative estimate of drug-likeness (QED) is 0.431. The third-order valence-electron chi connectivity index (χ3n) is 3.86. The highest BCUT2D eigenvalue weighted by Crippen LogP contribution is 2.33. The van der Waals surface area contributed by atoms with E-state index in [1.54, 1.807) is 55.5 Å². The lowest BCUT2D eigenvalue weighted by molar-refractivity contribution is -0.123. The number of benzene rings is 2. The summed E-state index contributed by atoms with van der Waals surface area (Å²) < 4.78 is 5.73. The van der Waals surface area contributed by atoms with Crippen LogP contribution in [0.4, 0.5) is 0 Å². The van der Waals surface area contributed by atoms with Gasteiger partial charge in [0, 0.05) is 5.56 Å². The minimum atomic E-state index is -0.488. The van der Waals surface area contributed by atoms with Crippen LogP contribution in [0.1, 0.15) is 22.8 Å². The van der Waals surface area contributed by atoms with Crippen molar-refractivity contribution in [3.05, 3.63) is 62.7 Å². The van der Waals surface area contributed by atoms with Crippen molar-refractivity contribution in [2.75, 3.05) is 7.11 Å². The van der Waals surface area contributed by atoms with Gasteiger partial charge < -0.3 is 9.84 Å².